The highest BCUT2D eigenvalue weighted by atomic mass is 16.7. The van der Waals surface area contributed by atoms with Crippen LogP contribution in [0.25, 0.3) is 0 Å². The number of benzene rings is 1. The Kier molecular flexibility index (Phi) is 5.55. The molecule has 0 bridgehead atoms. The van der Waals surface area contributed by atoms with Gasteiger partial charge in [0.2, 0.25) is 5.91 Å². The number of rotatable bonds is 4. The Morgan fingerprint density at radius 2 is 1.96 bits per heavy atom. The lowest BCUT2D eigenvalue weighted by molar-refractivity contribution is -0.341. The number of fused-ring (bicyclic) bond motifs is 1. The first-order chi connectivity index (χ1) is 12.0. The normalized spacial score (nSPS) is 34.9. The van der Waals surface area contributed by atoms with Crippen LogP contribution in [0.15, 0.2) is 24.3 Å². The molecule has 0 spiro atoms. The van der Waals surface area contributed by atoms with Crippen molar-refractivity contribution < 1.29 is 33.6 Å². The molecule has 2 fully saturated rings. The Bertz CT molecular complexity index is 593. The third-order valence-corrected chi connectivity index (χ3v) is 4.36. The van der Waals surface area contributed by atoms with Gasteiger partial charge in [0.15, 0.2) is 12.6 Å². The van der Waals surface area contributed by atoms with Crippen LogP contribution in [0.5, 0.6) is 5.75 Å². The van der Waals surface area contributed by atoms with E-state index < -0.39 is 36.9 Å². The SMILES string of the molecule is COc1ccc(C2OCC3OC(OC)C(NC(C)=O)C(O)C3O2)cc1. The Morgan fingerprint density at radius 3 is 2.56 bits per heavy atom. The number of methoxy groups -OCH3 is 2. The molecule has 1 amide bonds. The molecule has 2 aliphatic rings. The van der Waals surface area contributed by atoms with E-state index in [1.54, 1.807) is 7.11 Å². The smallest absolute Gasteiger partial charge is 0.217 e. The summed E-state index contributed by atoms with van der Waals surface area (Å²) < 4.78 is 27.8. The van der Waals surface area contributed by atoms with Crippen molar-refractivity contribution in [1.29, 1.82) is 0 Å². The minimum atomic E-state index is -0.989. The zero-order valence-electron chi connectivity index (χ0n) is 14.4. The number of carbonyl (C=O) groups excluding carboxylic acids is 1. The molecule has 2 N–H and O–H groups in total. The minimum absolute atomic E-state index is 0.241. The van der Waals surface area contributed by atoms with Gasteiger partial charge in [0.1, 0.15) is 30.1 Å². The lowest BCUT2D eigenvalue weighted by Gasteiger charge is -2.47. The number of carbonyl (C=O) groups is 1. The molecule has 0 radical (unpaired) electrons. The number of hydrogen-bond donors (Lipinski definition) is 2. The van der Waals surface area contributed by atoms with Crippen molar-refractivity contribution in [2.24, 2.45) is 0 Å². The van der Waals surface area contributed by atoms with Gasteiger partial charge in [-0.3, -0.25) is 4.79 Å². The molecule has 6 unspecified atom stereocenters. The topological polar surface area (TPSA) is 95.5 Å². The molecule has 6 atom stereocenters. The number of ether oxygens (including phenoxy) is 5. The molecular formula is C17H23NO7. The van der Waals surface area contributed by atoms with Crippen molar-refractivity contribution in [3.63, 3.8) is 0 Å². The number of nitrogens with one attached hydrogen (secondary N) is 1. The van der Waals surface area contributed by atoms with Crippen LogP contribution in [0.1, 0.15) is 18.8 Å². The van der Waals surface area contributed by atoms with Gasteiger partial charge in [0.05, 0.1) is 13.7 Å². The van der Waals surface area contributed by atoms with Crippen molar-refractivity contribution in [3.8, 4) is 5.75 Å². The van der Waals surface area contributed by atoms with E-state index in [2.05, 4.69) is 5.32 Å². The van der Waals surface area contributed by atoms with Crippen molar-refractivity contribution >= 4 is 5.91 Å². The minimum Gasteiger partial charge on any atom is -0.497 e. The average molecular weight is 353 g/mol. The lowest BCUT2D eigenvalue weighted by atomic mass is 9.95. The summed E-state index contributed by atoms with van der Waals surface area (Å²) in [5, 5.41) is 13.3. The van der Waals surface area contributed by atoms with Crippen LogP contribution < -0.4 is 10.1 Å². The van der Waals surface area contributed by atoms with Crippen LogP contribution in [0.3, 0.4) is 0 Å². The lowest BCUT2D eigenvalue weighted by Crippen LogP contribution is -2.66. The Morgan fingerprint density at radius 1 is 1.24 bits per heavy atom. The van der Waals surface area contributed by atoms with Gasteiger partial charge in [0.25, 0.3) is 0 Å². The number of aliphatic hydroxyl groups is 1. The fourth-order valence-corrected chi connectivity index (χ4v) is 3.11. The zero-order valence-corrected chi connectivity index (χ0v) is 14.4. The maximum absolute atomic E-state index is 11.4. The molecule has 8 nitrogen and oxygen atoms in total. The summed E-state index contributed by atoms with van der Waals surface area (Å²) in [5.41, 5.74) is 0.802. The van der Waals surface area contributed by atoms with E-state index in [9.17, 15) is 9.90 Å². The third kappa shape index (κ3) is 3.78. The monoisotopic (exact) mass is 353 g/mol. The Balaban J connectivity index is 1.74. The molecule has 2 saturated heterocycles. The number of hydrogen-bond acceptors (Lipinski definition) is 7. The molecule has 1 aromatic rings. The standard InChI is InChI=1S/C17H23NO7/c1-9(19)18-13-14(20)15-12(24-17(13)22-3)8-23-16(25-15)10-4-6-11(21-2)7-5-10/h4-7,12-17,20H,8H2,1-3H3,(H,18,19). The van der Waals surface area contributed by atoms with Crippen LogP contribution in [0, 0.1) is 0 Å². The second-order valence-electron chi connectivity index (χ2n) is 6.03. The summed E-state index contributed by atoms with van der Waals surface area (Å²) in [4.78, 5) is 11.4. The molecule has 138 valence electrons. The highest BCUT2D eigenvalue weighted by Gasteiger charge is 2.49. The zero-order chi connectivity index (χ0) is 18.0. The van der Waals surface area contributed by atoms with Crippen LogP contribution >= 0.6 is 0 Å². The first-order valence-electron chi connectivity index (χ1n) is 8.08. The van der Waals surface area contributed by atoms with Crippen molar-refractivity contribution in [2.45, 2.75) is 43.9 Å². The molecule has 2 heterocycles. The van der Waals surface area contributed by atoms with Gasteiger partial charge in [-0.2, -0.15) is 0 Å². The Hall–Kier alpha value is -1.71. The summed E-state index contributed by atoms with van der Waals surface area (Å²) in [7, 11) is 3.05. The molecule has 2 aliphatic heterocycles. The van der Waals surface area contributed by atoms with Crippen LogP contribution in [-0.4, -0.2) is 62.5 Å². The highest BCUT2D eigenvalue weighted by molar-refractivity contribution is 5.73. The molecule has 0 aromatic heterocycles. The predicted molar refractivity (Wildman–Crippen MR) is 85.8 cm³/mol. The maximum atomic E-state index is 11.4. The van der Waals surface area contributed by atoms with E-state index in [4.69, 9.17) is 23.7 Å². The van der Waals surface area contributed by atoms with E-state index in [0.717, 1.165) is 11.3 Å². The van der Waals surface area contributed by atoms with Crippen LogP contribution in [0.4, 0.5) is 0 Å². The van der Waals surface area contributed by atoms with Gasteiger partial charge < -0.3 is 34.1 Å². The van der Waals surface area contributed by atoms with Gasteiger partial charge in [-0.1, -0.05) is 12.1 Å². The summed E-state index contributed by atoms with van der Waals surface area (Å²) >= 11 is 0. The van der Waals surface area contributed by atoms with Crippen LogP contribution in [-0.2, 0) is 23.7 Å². The number of amides is 1. The molecule has 1 aromatic carbocycles. The second-order valence-corrected chi connectivity index (χ2v) is 6.03. The van der Waals surface area contributed by atoms with Gasteiger partial charge in [0, 0.05) is 19.6 Å². The van der Waals surface area contributed by atoms with Gasteiger partial charge >= 0.3 is 0 Å². The summed E-state index contributed by atoms with van der Waals surface area (Å²) in [6.45, 7) is 1.61. The van der Waals surface area contributed by atoms with E-state index in [1.807, 2.05) is 24.3 Å². The maximum Gasteiger partial charge on any atom is 0.217 e. The quantitative estimate of drug-likeness (QED) is 0.806. The van der Waals surface area contributed by atoms with Crippen LogP contribution in [0.2, 0.25) is 0 Å². The second kappa shape index (κ2) is 7.67. The first-order valence-corrected chi connectivity index (χ1v) is 8.08. The van der Waals surface area contributed by atoms with E-state index in [0.29, 0.717) is 0 Å². The van der Waals surface area contributed by atoms with E-state index in [-0.39, 0.29) is 12.5 Å². The van der Waals surface area contributed by atoms with Gasteiger partial charge in [-0.05, 0) is 12.1 Å². The highest BCUT2D eigenvalue weighted by Crippen LogP contribution is 2.34. The predicted octanol–water partition coefficient (Wildman–Crippen LogP) is 0.346. The Labute approximate surface area is 146 Å². The average Bonchev–Trinajstić information content (AvgIpc) is 2.63. The van der Waals surface area contributed by atoms with E-state index >= 15 is 0 Å². The molecule has 3 rings (SSSR count). The van der Waals surface area contributed by atoms with Crippen molar-refractivity contribution in [1.82, 2.24) is 5.32 Å². The van der Waals surface area contributed by atoms with Crippen molar-refractivity contribution in [3.05, 3.63) is 29.8 Å². The summed E-state index contributed by atoms with van der Waals surface area (Å²) in [5.74, 6) is 0.444. The third-order valence-electron chi connectivity index (χ3n) is 4.36. The fourth-order valence-electron chi connectivity index (χ4n) is 3.11. The summed E-state index contributed by atoms with van der Waals surface area (Å²) in [6.07, 6.45) is -3.53. The largest absolute Gasteiger partial charge is 0.497 e. The van der Waals surface area contributed by atoms with Crippen molar-refractivity contribution in [2.75, 3.05) is 20.8 Å². The van der Waals surface area contributed by atoms with E-state index in [1.165, 1.54) is 14.0 Å². The molecule has 0 saturated carbocycles. The molecule has 0 aliphatic carbocycles. The first kappa shape index (κ1) is 18.1. The molecule has 8 heteroatoms. The number of aliphatic hydroxyl groups excluding tert-OH is 1. The summed E-state index contributed by atoms with van der Waals surface area (Å²) in [6, 6.07) is 6.57. The fraction of sp³-hybridized carbons (Fsp3) is 0.588. The molecule has 25 heavy (non-hydrogen) atoms. The molecular weight excluding hydrogens is 330 g/mol. The van der Waals surface area contributed by atoms with Gasteiger partial charge in [-0.15, -0.1) is 0 Å². The van der Waals surface area contributed by atoms with Gasteiger partial charge in [-0.25, -0.2) is 0 Å².